The first-order chi connectivity index (χ1) is 9.12. The lowest BCUT2D eigenvalue weighted by Crippen LogP contribution is -2.43. The summed E-state index contributed by atoms with van der Waals surface area (Å²) in [7, 11) is 0. The van der Waals surface area contributed by atoms with Crippen molar-refractivity contribution in [3.05, 3.63) is 35.4 Å². The Bertz CT molecular complexity index is 447. The van der Waals surface area contributed by atoms with Crippen molar-refractivity contribution in [2.45, 2.75) is 39.3 Å². The highest BCUT2D eigenvalue weighted by Crippen LogP contribution is 2.09. The van der Waals surface area contributed by atoms with Crippen molar-refractivity contribution in [1.82, 2.24) is 4.90 Å². The van der Waals surface area contributed by atoms with E-state index in [9.17, 15) is 4.79 Å². The molecule has 1 aromatic rings. The molecule has 19 heavy (non-hydrogen) atoms. The van der Waals surface area contributed by atoms with Crippen LogP contribution in [0.25, 0.3) is 0 Å². The average Bonchev–Trinajstić information content (AvgIpc) is 2.46. The number of hydrogen-bond acceptors (Lipinski definition) is 3. The molecule has 0 bridgehead atoms. The minimum Gasteiger partial charge on any atom is -0.337 e. The molecule has 0 aromatic heterocycles. The second-order valence-corrected chi connectivity index (χ2v) is 4.58. The summed E-state index contributed by atoms with van der Waals surface area (Å²) < 4.78 is 0. The molecule has 0 aliphatic rings. The van der Waals surface area contributed by atoms with Gasteiger partial charge in [0.25, 0.3) is 0 Å². The van der Waals surface area contributed by atoms with Crippen LogP contribution in [-0.2, 0) is 11.3 Å². The Morgan fingerprint density at radius 1 is 1.37 bits per heavy atom. The fourth-order valence-corrected chi connectivity index (χ4v) is 1.85. The summed E-state index contributed by atoms with van der Waals surface area (Å²) in [6.07, 6.45) is 1.55. The van der Waals surface area contributed by atoms with Crippen molar-refractivity contribution in [3.63, 3.8) is 0 Å². The third kappa shape index (κ3) is 4.38. The maximum Gasteiger partial charge on any atom is 0.239 e. The molecule has 0 unspecified atom stereocenters. The molecule has 0 fully saturated rings. The largest absolute Gasteiger partial charge is 0.337 e. The SMILES string of the molecule is CCCN(Cc1ccc(C#N)cc1)C(=O)[C@@H](N)CC. The summed E-state index contributed by atoms with van der Waals surface area (Å²) in [5.74, 6) is -0.00582. The first-order valence-corrected chi connectivity index (χ1v) is 6.65. The van der Waals surface area contributed by atoms with Gasteiger partial charge in [0.05, 0.1) is 17.7 Å². The highest BCUT2D eigenvalue weighted by molar-refractivity contribution is 5.81. The van der Waals surface area contributed by atoms with E-state index < -0.39 is 6.04 Å². The molecule has 0 radical (unpaired) electrons. The molecule has 0 aliphatic carbocycles. The Morgan fingerprint density at radius 2 is 2.00 bits per heavy atom. The maximum absolute atomic E-state index is 12.1. The van der Waals surface area contributed by atoms with Crippen molar-refractivity contribution in [3.8, 4) is 6.07 Å². The molecule has 0 spiro atoms. The summed E-state index contributed by atoms with van der Waals surface area (Å²) in [4.78, 5) is 13.9. The molecule has 0 saturated carbocycles. The number of nitrogens with zero attached hydrogens (tertiary/aromatic N) is 2. The second kappa shape index (κ2) is 7.55. The lowest BCUT2D eigenvalue weighted by atomic mass is 10.1. The van der Waals surface area contributed by atoms with Crippen LogP contribution in [0.1, 0.15) is 37.8 Å². The number of benzene rings is 1. The van der Waals surface area contributed by atoms with Crippen LogP contribution in [0.4, 0.5) is 0 Å². The van der Waals surface area contributed by atoms with Gasteiger partial charge in [-0.25, -0.2) is 0 Å². The molecule has 0 heterocycles. The molecule has 1 aromatic carbocycles. The topological polar surface area (TPSA) is 70.1 Å². The van der Waals surface area contributed by atoms with E-state index in [0.29, 0.717) is 25.1 Å². The normalized spacial score (nSPS) is 11.7. The van der Waals surface area contributed by atoms with Gasteiger partial charge in [-0.05, 0) is 30.5 Å². The second-order valence-electron chi connectivity index (χ2n) is 4.58. The van der Waals surface area contributed by atoms with Gasteiger partial charge in [0, 0.05) is 13.1 Å². The van der Waals surface area contributed by atoms with E-state index >= 15 is 0 Å². The molecule has 4 nitrogen and oxygen atoms in total. The zero-order valence-electron chi connectivity index (χ0n) is 11.6. The molecule has 1 amide bonds. The van der Waals surface area contributed by atoms with Gasteiger partial charge in [-0.15, -0.1) is 0 Å². The van der Waals surface area contributed by atoms with Crippen molar-refractivity contribution in [2.24, 2.45) is 5.73 Å². The van der Waals surface area contributed by atoms with Gasteiger partial charge in [-0.1, -0.05) is 26.0 Å². The quantitative estimate of drug-likeness (QED) is 0.849. The maximum atomic E-state index is 12.1. The number of carbonyl (C=O) groups is 1. The molecule has 4 heteroatoms. The van der Waals surface area contributed by atoms with Gasteiger partial charge in [0.2, 0.25) is 5.91 Å². The Labute approximate surface area is 114 Å². The molecule has 0 aliphatic heterocycles. The minimum atomic E-state index is -0.426. The predicted octanol–water partition coefficient (Wildman–Crippen LogP) is 2.03. The highest BCUT2D eigenvalue weighted by atomic mass is 16.2. The van der Waals surface area contributed by atoms with Crippen LogP contribution in [0.3, 0.4) is 0 Å². The van der Waals surface area contributed by atoms with E-state index in [2.05, 4.69) is 6.07 Å². The fraction of sp³-hybridized carbons (Fsp3) is 0.467. The Hall–Kier alpha value is -1.86. The number of carbonyl (C=O) groups excluding carboxylic acids is 1. The molecule has 1 rings (SSSR count). The summed E-state index contributed by atoms with van der Waals surface area (Å²) in [6, 6.07) is 8.95. The average molecular weight is 259 g/mol. The summed E-state index contributed by atoms with van der Waals surface area (Å²) in [5.41, 5.74) is 7.46. The fourth-order valence-electron chi connectivity index (χ4n) is 1.85. The number of hydrogen-bond donors (Lipinski definition) is 1. The van der Waals surface area contributed by atoms with Crippen LogP contribution in [0.15, 0.2) is 24.3 Å². The van der Waals surface area contributed by atoms with Gasteiger partial charge in [-0.2, -0.15) is 5.26 Å². The molecular weight excluding hydrogens is 238 g/mol. The lowest BCUT2D eigenvalue weighted by molar-refractivity contribution is -0.133. The summed E-state index contributed by atoms with van der Waals surface area (Å²) in [5, 5.41) is 8.76. The van der Waals surface area contributed by atoms with Gasteiger partial charge in [-0.3, -0.25) is 4.79 Å². The van der Waals surface area contributed by atoms with Crippen LogP contribution in [0, 0.1) is 11.3 Å². The van der Waals surface area contributed by atoms with Gasteiger partial charge >= 0.3 is 0 Å². The number of nitriles is 1. The zero-order chi connectivity index (χ0) is 14.3. The van der Waals surface area contributed by atoms with Crippen LogP contribution in [0.5, 0.6) is 0 Å². The Balaban J connectivity index is 2.77. The van der Waals surface area contributed by atoms with E-state index in [-0.39, 0.29) is 5.91 Å². The van der Waals surface area contributed by atoms with E-state index in [1.165, 1.54) is 0 Å². The lowest BCUT2D eigenvalue weighted by Gasteiger charge is -2.25. The monoisotopic (exact) mass is 259 g/mol. The van der Waals surface area contributed by atoms with Crippen LogP contribution in [-0.4, -0.2) is 23.4 Å². The summed E-state index contributed by atoms with van der Waals surface area (Å²) >= 11 is 0. The summed E-state index contributed by atoms with van der Waals surface area (Å²) in [6.45, 7) is 5.20. The van der Waals surface area contributed by atoms with Crippen LogP contribution < -0.4 is 5.73 Å². The number of amides is 1. The standard InChI is InChI=1S/C15H21N3O/c1-3-9-18(15(19)14(17)4-2)11-13-7-5-12(10-16)6-8-13/h5-8,14H,3-4,9,11,17H2,1-2H3/t14-/m0/s1. The van der Waals surface area contributed by atoms with Crippen LogP contribution in [0.2, 0.25) is 0 Å². The van der Waals surface area contributed by atoms with E-state index in [0.717, 1.165) is 12.0 Å². The van der Waals surface area contributed by atoms with Crippen molar-refractivity contribution in [2.75, 3.05) is 6.54 Å². The molecule has 1 atom stereocenters. The van der Waals surface area contributed by atoms with E-state index in [1.54, 1.807) is 17.0 Å². The van der Waals surface area contributed by atoms with Gasteiger partial charge in [0.15, 0.2) is 0 Å². The Morgan fingerprint density at radius 3 is 2.47 bits per heavy atom. The number of nitrogens with two attached hydrogens (primary N) is 1. The predicted molar refractivity (Wildman–Crippen MR) is 75.1 cm³/mol. The van der Waals surface area contributed by atoms with E-state index in [4.69, 9.17) is 11.0 Å². The number of rotatable bonds is 6. The molecule has 2 N–H and O–H groups in total. The van der Waals surface area contributed by atoms with Crippen LogP contribution >= 0.6 is 0 Å². The first kappa shape index (κ1) is 15.2. The van der Waals surface area contributed by atoms with Gasteiger partial charge < -0.3 is 10.6 Å². The van der Waals surface area contributed by atoms with Crippen molar-refractivity contribution < 1.29 is 4.79 Å². The molecule has 0 saturated heterocycles. The van der Waals surface area contributed by atoms with E-state index in [1.807, 2.05) is 26.0 Å². The Kier molecular flexibility index (Phi) is 6.04. The first-order valence-electron chi connectivity index (χ1n) is 6.65. The molecular formula is C15H21N3O. The third-order valence-corrected chi connectivity index (χ3v) is 3.02. The van der Waals surface area contributed by atoms with Gasteiger partial charge in [0.1, 0.15) is 0 Å². The zero-order valence-corrected chi connectivity index (χ0v) is 11.6. The minimum absolute atomic E-state index is 0.00582. The smallest absolute Gasteiger partial charge is 0.239 e. The highest BCUT2D eigenvalue weighted by Gasteiger charge is 2.18. The van der Waals surface area contributed by atoms with Crippen molar-refractivity contribution in [1.29, 1.82) is 5.26 Å². The third-order valence-electron chi connectivity index (χ3n) is 3.02. The van der Waals surface area contributed by atoms with Crippen molar-refractivity contribution >= 4 is 5.91 Å². The molecule has 102 valence electrons.